The fraction of sp³-hybridized carbons (Fsp3) is 0.150. The standard InChI is InChI=1S/C20H19F2N5O/c1-27(2)17-11-19(26-23-12-17)24-15-5-7-16(8-6-15)25-20(28)9-13-3-4-14(21)10-18(13)22/h3-8,10-12H,9H2,1-2H3,(H,24,26)(H,25,28). The molecule has 6 nitrogen and oxygen atoms in total. The SMILES string of the molecule is CN(C)c1cnnc(Nc2ccc(NC(=O)Cc3ccc(F)cc3F)cc2)c1. The largest absolute Gasteiger partial charge is 0.376 e. The number of aromatic nitrogens is 2. The molecule has 0 saturated heterocycles. The average molecular weight is 383 g/mol. The Morgan fingerprint density at radius 2 is 1.75 bits per heavy atom. The van der Waals surface area contributed by atoms with Crippen molar-refractivity contribution in [2.24, 2.45) is 0 Å². The zero-order chi connectivity index (χ0) is 20.1. The minimum atomic E-state index is -0.740. The van der Waals surface area contributed by atoms with E-state index in [2.05, 4.69) is 20.8 Å². The van der Waals surface area contributed by atoms with E-state index in [1.807, 2.05) is 25.1 Å². The molecule has 1 aromatic heterocycles. The average Bonchev–Trinajstić information content (AvgIpc) is 2.66. The maximum atomic E-state index is 13.6. The lowest BCUT2D eigenvalue weighted by Crippen LogP contribution is -2.15. The van der Waals surface area contributed by atoms with Crippen molar-refractivity contribution in [2.75, 3.05) is 29.6 Å². The second-order valence-electron chi connectivity index (χ2n) is 6.36. The first-order valence-electron chi connectivity index (χ1n) is 8.51. The lowest BCUT2D eigenvalue weighted by Gasteiger charge is -2.13. The van der Waals surface area contributed by atoms with Crippen LogP contribution in [0, 0.1) is 11.6 Å². The fourth-order valence-electron chi connectivity index (χ4n) is 2.49. The Labute approximate surface area is 161 Å². The number of carbonyl (C=O) groups excluding carboxylic acids is 1. The fourth-order valence-corrected chi connectivity index (χ4v) is 2.49. The Bertz CT molecular complexity index is 977. The van der Waals surface area contributed by atoms with Crippen LogP contribution < -0.4 is 15.5 Å². The van der Waals surface area contributed by atoms with E-state index in [-0.39, 0.29) is 12.0 Å². The van der Waals surface area contributed by atoms with Crippen molar-refractivity contribution in [1.82, 2.24) is 10.2 Å². The second kappa shape index (κ2) is 8.43. The van der Waals surface area contributed by atoms with Crippen LogP contribution in [0.25, 0.3) is 0 Å². The first-order chi connectivity index (χ1) is 13.4. The number of rotatable bonds is 6. The molecule has 0 unspecified atom stereocenters. The number of halogens is 2. The van der Waals surface area contributed by atoms with Gasteiger partial charge in [-0.05, 0) is 35.9 Å². The lowest BCUT2D eigenvalue weighted by atomic mass is 10.1. The van der Waals surface area contributed by atoms with Crippen LogP contribution >= 0.6 is 0 Å². The van der Waals surface area contributed by atoms with Crippen LogP contribution in [-0.4, -0.2) is 30.2 Å². The van der Waals surface area contributed by atoms with Gasteiger partial charge in [0.2, 0.25) is 5.91 Å². The predicted molar refractivity (Wildman–Crippen MR) is 105 cm³/mol. The molecule has 8 heteroatoms. The number of hydrogen-bond acceptors (Lipinski definition) is 5. The maximum absolute atomic E-state index is 13.6. The summed E-state index contributed by atoms with van der Waals surface area (Å²) in [6, 6.07) is 12.0. The van der Waals surface area contributed by atoms with Gasteiger partial charge in [-0.25, -0.2) is 8.78 Å². The maximum Gasteiger partial charge on any atom is 0.228 e. The predicted octanol–water partition coefficient (Wildman–Crippen LogP) is 3.75. The van der Waals surface area contributed by atoms with E-state index in [9.17, 15) is 13.6 Å². The topological polar surface area (TPSA) is 70.2 Å². The Kier molecular flexibility index (Phi) is 5.78. The van der Waals surface area contributed by atoms with Crippen LogP contribution in [0.3, 0.4) is 0 Å². The summed E-state index contributed by atoms with van der Waals surface area (Å²) in [5, 5.41) is 13.8. The molecule has 3 rings (SSSR count). The van der Waals surface area contributed by atoms with Crippen molar-refractivity contribution in [3.8, 4) is 0 Å². The Morgan fingerprint density at radius 1 is 1.04 bits per heavy atom. The molecular formula is C20H19F2N5O. The highest BCUT2D eigenvalue weighted by atomic mass is 19.1. The van der Waals surface area contributed by atoms with Gasteiger partial charge >= 0.3 is 0 Å². The van der Waals surface area contributed by atoms with Gasteiger partial charge in [0.05, 0.1) is 18.3 Å². The number of amides is 1. The Balaban J connectivity index is 1.61. The molecule has 1 amide bonds. The highest BCUT2D eigenvalue weighted by Crippen LogP contribution is 2.20. The Morgan fingerprint density at radius 3 is 2.43 bits per heavy atom. The zero-order valence-corrected chi connectivity index (χ0v) is 15.4. The molecule has 144 valence electrons. The van der Waals surface area contributed by atoms with E-state index >= 15 is 0 Å². The summed E-state index contributed by atoms with van der Waals surface area (Å²) in [6.07, 6.45) is 1.48. The summed E-state index contributed by atoms with van der Waals surface area (Å²) in [5.41, 5.74) is 2.38. The molecule has 0 atom stereocenters. The molecule has 0 aliphatic rings. The van der Waals surface area contributed by atoms with E-state index in [0.29, 0.717) is 11.5 Å². The van der Waals surface area contributed by atoms with E-state index < -0.39 is 17.5 Å². The number of nitrogens with one attached hydrogen (secondary N) is 2. The first-order valence-corrected chi connectivity index (χ1v) is 8.51. The molecule has 1 heterocycles. The third kappa shape index (κ3) is 5.00. The monoisotopic (exact) mass is 383 g/mol. The number of carbonyl (C=O) groups is 1. The molecule has 0 bridgehead atoms. The van der Waals surface area contributed by atoms with E-state index in [4.69, 9.17) is 0 Å². The first kappa shape index (κ1) is 19.2. The van der Waals surface area contributed by atoms with Crippen molar-refractivity contribution in [3.63, 3.8) is 0 Å². The molecule has 0 saturated carbocycles. The number of hydrogen-bond donors (Lipinski definition) is 2. The highest BCUT2D eigenvalue weighted by Gasteiger charge is 2.10. The van der Waals surface area contributed by atoms with Gasteiger partial charge in [0.1, 0.15) is 11.6 Å². The van der Waals surface area contributed by atoms with E-state index in [1.54, 1.807) is 30.5 Å². The quantitative estimate of drug-likeness (QED) is 0.679. The van der Waals surface area contributed by atoms with Gasteiger partial charge in [0, 0.05) is 37.6 Å². The van der Waals surface area contributed by atoms with Crippen LogP contribution in [0.1, 0.15) is 5.56 Å². The van der Waals surface area contributed by atoms with Gasteiger partial charge in [0.25, 0.3) is 0 Å². The summed E-state index contributed by atoms with van der Waals surface area (Å²) < 4.78 is 26.6. The van der Waals surface area contributed by atoms with Gasteiger partial charge in [-0.1, -0.05) is 6.07 Å². The van der Waals surface area contributed by atoms with Gasteiger partial charge in [-0.2, -0.15) is 5.10 Å². The third-order valence-corrected chi connectivity index (χ3v) is 3.96. The highest BCUT2D eigenvalue weighted by molar-refractivity contribution is 5.92. The van der Waals surface area contributed by atoms with Crippen LogP contribution in [0.15, 0.2) is 54.7 Å². The lowest BCUT2D eigenvalue weighted by molar-refractivity contribution is -0.115. The van der Waals surface area contributed by atoms with Gasteiger partial charge in [-0.15, -0.1) is 5.10 Å². The number of anilines is 4. The minimum Gasteiger partial charge on any atom is -0.376 e. The smallest absolute Gasteiger partial charge is 0.228 e. The third-order valence-electron chi connectivity index (χ3n) is 3.96. The number of nitrogens with zero attached hydrogens (tertiary/aromatic N) is 3. The van der Waals surface area contributed by atoms with Crippen LogP contribution in [0.2, 0.25) is 0 Å². The molecule has 0 radical (unpaired) electrons. The molecule has 3 aromatic rings. The molecule has 0 fully saturated rings. The summed E-state index contributed by atoms with van der Waals surface area (Å²) in [5.74, 6) is -1.22. The molecular weight excluding hydrogens is 364 g/mol. The molecule has 0 aliphatic carbocycles. The van der Waals surface area contributed by atoms with E-state index in [0.717, 1.165) is 23.5 Å². The molecule has 2 N–H and O–H groups in total. The summed E-state index contributed by atoms with van der Waals surface area (Å²) in [7, 11) is 3.83. The van der Waals surface area contributed by atoms with Crippen molar-refractivity contribution < 1.29 is 13.6 Å². The van der Waals surface area contributed by atoms with Crippen molar-refractivity contribution in [2.45, 2.75) is 6.42 Å². The molecule has 2 aromatic carbocycles. The van der Waals surface area contributed by atoms with Crippen molar-refractivity contribution in [3.05, 3.63) is 71.9 Å². The second-order valence-corrected chi connectivity index (χ2v) is 6.36. The van der Waals surface area contributed by atoms with Crippen LogP contribution in [0.4, 0.5) is 31.7 Å². The molecule has 0 spiro atoms. The van der Waals surface area contributed by atoms with Crippen molar-refractivity contribution in [1.29, 1.82) is 0 Å². The van der Waals surface area contributed by atoms with E-state index in [1.165, 1.54) is 6.07 Å². The van der Waals surface area contributed by atoms with Crippen LogP contribution in [-0.2, 0) is 11.2 Å². The Hall–Kier alpha value is -3.55. The van der Waals surface area contributed by atoms with Gasteiger partial charge in [-0.3, -0.25) is 4.79 Å². The summed E-state index contributed by atoms with van der Waals surface area (Å²) >= 11 is 0. The van der Waals surface area contributed by atoms with Gasteiger partial charge in [0.15, 0.2) is 5.82 Å². The van der Waals surface area contributed by atoms with Crippen LogP contribution in [0.5, 0.6) is 0 Å². The normalized spacial score (nSPS) is 10.4. The minimum absolute atomic E-state index is 0.136. The summed E-state index contributed by atoms with van der Waals surface area (Å²) in [6.45, 7) is 0. The number of benzene rings is 2. The van der Waals surface area contributed by atoms with Gasteiger partial charge < -0.3 is 15.5 Å². The zero-order valence-electron chi connectivity index (χ0n) is 15.4. The summed E-state index contributed by atoms with van der Waals surface area (Å²) in [4.78, 5) is 14.0. The molecule has 0 aliphatic heterocycles. The molecule has 28 heavy (non-hydrogen) atoms. The van der Waals surface area contributed by atoms with Crippen molar-refractivity contribution >= 4 is 28.8 Å².